The number of carbonyl (C=O) groups excluding carboxylic acids is 1. The first-order valence-electron chi connectivity index (χ1n) is 9.53. The van der Waals surface area contributed by atoms with Crippen LogP contribution in [0.3, 0.4) is 0 Å². The summed E-state index contributed by atoms with van der Waals surface area (Å²) in [5.41, 5.74) is 2.26. The number of nitrogens with zero attached hydrogens (tertiary/aromatic N) is 1. The van der Waals surface area contributed by atoms with Crippen molar-refractivity contribution in [3.05, 3.63) is 107 Å². The number of nitrogens with one attached hydrogen (secondary N) is 1. The molecule has 4 rings (SSSR count). The highest BCUT2D eigenvalue weighted by Crippen LogP contribution is 2.29. The van der Waals surface area contributed by atoms with E-state index in [-0.39, 0.29) is 24.0 Å². The maximum absolute atomic E-state index is 14.6. The molecule has 0 unspecified atom stereocenters. The lowest BCUT2D eigenvalue weighted by Gasteiger charge is -2.08. The van der Waals surface area contributed by atoms with Crippen LogP contribution in [0.4, 0.5) is 8.78 Å². The largest absolute Gasteiger partial charge is 0.489 e. The molecule has 0 spiro atoms. The van der Waals surface area contributed by atoms with Crippen molar-refractivity contribution in [2.75, 3.05) is 0 Å². The molecule has 1 amide bonds. The Labute approximate surface area is 182 Å². The number of benzene rings is 3. The molecule has 0 aliphatic rings. The van der Waals surface area contributed by atoms with Crippen molar-refractivity contribution in [1.82, 2.24) is 10.3 Å². The number of hydrogen-bond donors (Lipinski definition) is 1. The summed E-state index contributed by atoms with van der Waals surface area (Å²) in [6, 6.07) is 20.1. The molecular weight excluding hydrogens is 418 g/mol. The minimum Gasteiger partial charge on any atom is -0.489 e. The molecule has 1 heterocycles. The predicted molar refractivity (Wildman–Crippen MR) is 116 cm³/mol. The molecule has 7 heteroatoms. The van der Waals surface area contributed by atoms with Crippen LogP contribution in [0.15, 0.2) is 78.2 Å². The Morgan fingerprint density at radius 2 is 1.74 bits per heavy atom. The van der Waals surface area contributed by atoms with Crippen molar-refractivity contribution >= 4 is 17.2 Å². The van der Waals surface area contributed by atoms with Gasteiger partial charge in [0.1, 0.15) is 34.7 Å². The van der Waals surface area contributed by atoms with Gasteiger partial charge in [-0.3, -0.25) is 4.79 Å². The number of hydrogen-bond acceptors (Lipinski definition) is 4. The van der Waals surface area contributed by atoms with E-state index in [2.05, 4.69) is 10.3 Å². The summed E-state index contributed by atoms with van der Waals surface area (Å²) in [6.45, 7) is 0.586. The summed E-state index contributed by atoms with van der Waals surface area (Å²) in [6.07, 6.45) is 0. The van der Waals surface area contributed by atoms with Crippen LogP contribution in [-0.4, -0.2) is 10.9 Å². The van der Waals surface area contributed by atoms with Crippen LogP contribution in [0.2, 0.25) is 0 Å². The molecule has 0 aliphatic carbocycles. The fourth-order valence-electron chi connectivity index (χ4n) is 2.88. The summed E-state index contributed by atoms with van der Waals surface area (Å²) in [5, 5.41) is 4.70. The SMILES string of the molecule is O=C(NCc1ccc(F)cc1)c1csc(-c2ccc(OCc3ccccc3)cc2F)n1. The predicted octanol–water partition coefficient (Wildman–Crippen LogP) is 5.60. The maximum Gasteiger partial charge on any atom is 0.271 e. The third kappa shape index (κ3) is 5.32. The van der Waals surface area contributed by atoms with Crippen molar-refractivity contribution < 1.29 is 18.3 Å². The summed E-state index contributed by atoms with van der Waals surface area (Å²) >= 11 is 1.18. The summed E-state index contributed by atoms with van der Waals surface area (Å²) in [5.74, 6) is -0.773. The van der Waals surface area contributed by atoms with Crippen molar-refractivity contribution in [2.24, 2.45) is 0 Å². The molecule has 4 nitrogen and oxygen atoms in total. The highest BCUT2D eigenvalue weighted by Gasteiger charge is 2.15. The van der Waals surface area contributed by atoms with Crippen LogP contribution in [0.25, 0.3) is 10.6 Å². The zero-order chi connectivity index (χ0) is 21.6. The second-order valence-electron chi connectivity index (χ2n) is 6.76. The number of ether oxygens (including phenoxy) is 1. The monoisotopic (exact) mass is 436 g/mol. The van der Waals surface area contributed by atoms with Gasteiger partial charge in [-0.05, 0) is 35.4 Å². The average Bonchev–Trinajstić information content (AvgIpc) is 3.28. The highest BCUT2D eigenvalue weighted by atomic mass is 32.1. The standard InChI is InChI=1S/C24H18F2N2O2S/c25-18-8-6-16(7-9-18)13-27-23(29)22-15-31-24(28-22)20-11-10-19(12-21(20)26)30-14-17-4-2-1-3-5-17/h1-12,15H,13-14H2,(H,27,29). The first-order valence-corrected chi connectivity index (χ1v) is 10.4. The van der Waals surface area contributed by atoms with Gasteiger partial charge in [0, 0.05) is 23.6 Å². The lowest BCUT2D eigenvalue weighted by atomic mass is 10.2. The van der Waals surface area contributed by atoms with Gasteiger partial charge < -0.3 is 10.1 Å². The van der Waals surface area contributed by atoms with E-state index in [4.69, 9.17) is 4.74 Å². The maximum atomic E-state index is 14.6. The Bertz CT molecular complexity index is 1180. The third-order valence-corrected chi connectivity index (χ3v) is 5.40. The quantitative estimate of drug-likeness (QED) is 0.410. The smallest absolute Gasteiger partial charge is 0.271 e. The first-order chi connectivity index (χ1) is 15.1. The van der Waals surface area contributed by atoms with Crippen LogP contribution < -0.4 is 10.1 Å². The van der Waals surface area contributed by atoms with E-state index in [1.165, 1.54) is 29.5 Å². The molecule has 0 aliphatic heterocycles. The Balaban J connectivity index is 1.39. The zero-order valence-electron chi connectivity index (χ0n) is 16.3. The number of aromatic nitrogens is 1. The molecule has 0 radical (unpaired) electrons. The molecule has 1 aromatic heterocycles. The van der Waals surface area contributed by atoms with Gasteiger partial charge >= 0.3 is 0 Å². The molecular formula is C24H18F2N2O2S. The molecule has 156 valence electrons. The van der Waals surface area contributed by atoms with E-state index in [0.717, 1.165) is 11.1 Å². The molecule has 3 aromatic carbocycles. The van der Waals surface area contributed by atoms with Gasteiger partial charge in [-0.1, -0.05) is 42.5 Å². The van der Waals surface area contributed by atoms with Crippen LogP contribution in [0.1, 0.15) is 21.6 Å². The van der Waals surface area contributed by atoms with Gasteiger partial charge in [-0.25, -0.2) is 13.8 Å². The normalized spacial score (nSPS) is 10.6. The van der Waals surface area contributed by atoms with Crippen LogP contribution in [-0.2, 0) is 13.2 Å². The summed E-state index contributed by atoms with van der Waals surface area (Å²) < 4.78 is 33.2. The van der Waals surface area contributed by atoms with Gasteiger partial charge in [-0.15, -0.1) is 11.3 Å². The second kappa shape index (κ2) is 9.49. The van der Waals surface area contributed by atoms with Crippen LogP contribution in [0.5, 0.6) is 5.75 Å². The van der Waals surface area contributed by atoms with Crippen molar-refractivity contribution in [3.8, 4) is 16.3 Å². The van der Waals surface area contributed by atoms with Gasteiger partial charge in [-0.2, -0.15) is 0 Å². The molecule has 0 bridgehead atoms. The number of thiazole rings is 1. The lowest BCUT2D eigenvalue weighted by Crippen LogP contribution is -2.23. The topological polar surface area (TPSA) is 51.2 Å². The molecule has 0 saturated carbocycles. The number of halogens is 2. The van der Waals surface area contributed by atoms with Gasteiger partial charge in [0.2, 0.25) is 0 Å². The molecule has 4 aromatic rings. The average molecular weight is 436 g/mol. The van der Waals surface area contributed by atoms with Crippen LogP contribution >= 0.6 is 11.3 Å². The number of carbonyl (C=O) groups is 1. The van der Waals surface area contributed by atoms with E-state index in [0.29, 0.717) is 22.9 Å². The Morgan fingerprint density at radius 3 is 2.48 bits per heavy atom. The van der Waals surface area contributed by atoms with E-state index in [9.17, 15) is 13.6 Å². The summed E-state index contributed by atoms with van der Waals surface area (Å²) in [4.78, 5) is 16.6. The molecule has 1 N–H and O–H groups in total. The Hall–Kier alpha value is -3.58. The number of rotatable bonds is 7. The van der Waals surface area contributed by atoms with Crippen molar-refractivity contribution in [3.63, 3.8) is 0 Å². The fraction of sp³-hybridized carbons (Fsp3) is 0.0833. The first kappa shape index (κ1) is 20.7. The Kier molecular flexibility index (Phi) is 6.33. The minimum absolute atomic E-state index is 0.200. The van der Waals surface area contributed by atoms with E-state index < -0.39 is 5.82 Å². The molecule has 31 heavy (non-hydrogen) atoms. The number of amides is 1. The van der Waals surface area contributed by atoms with Crippen molar-refractivity contribution in [1.29, 1.82) is 0 Å². The molecule has 0 atom stereocenters. The lowest BCUT2D eigenvalue weighted by molar-refractivity contribution is 0.0946. The van der Waals surface area contributed by atoms with Gasteiger partial charge in [0.25, 0.3) is 5.91 Å². The van der Waals surface area contributed by atoms with E-state index in [1.54, 1.807) is 29.6 Å². The van der Waals surface area contributed by atoms with E-state index in [1.807, 2.05) is 30.3 Å². The van der Waals surface area contributed by atoms with Gasteiger partial charge in [0.15, 0.2) is 0 Å². The second-order valence-corrected chi connectivity index (χ2v) is 7.62. The van der Waals surface area contributed by atoms with E-state index >= 15 is 0 Å². The van der Waals surface area contributed by atoms with Gasteiger partial charge in [0.05, 0.1) is 0 Å². The molecule has 0 saturated heterocycles. The molecule has 0 fully saturated rings. The van der Waals surface area contributed by atoms with Crippen LogP contribution in [0, 0.1) is 11.6 Å². The highest BCUT2D eigenvalue weighted by molar-refractivity contribution is 7.13. The fourth-order valence-corrected chi connectivity index (χ4v) is 3.70. The van der Waals surface area contributed by atoms with Crippen molar-refractivity contribution in [2.45, 2.75) is 13.2 Å². The summed E-state index contributed by atoms with van der Waals surface area (Å²) in [7, 11) is 0. The third-order valence-electron chi connectivity index (χ3n) is 4.52. The minimum atomic E-state index is -0.474. The zero-order valence-corrected chi connectivity index (χ0v) is 17.2. The Morgan fingerprint density at radius 1 is 0.968 bits per heavy atom.